The number of methoxy groups -OCH3 is 1. The first kappa shape index (κ1) is 25.0. The van der Waals surface area contributed by atoms with Crippen LogP contribution in [0.1, 0.15) is 20.3 Å². The number of carbonyl (C=O) groups is 2. The lowest BCUT2D eigenvalue weighted by atomic mass is 10.3. The molecule has 0 aliphatic heterocycles. The van der Waals surface area contributed by atoms with Crippen LogP contribution in [0.25, 0.3) is 0 Å². The van der Waals surface area contributed by atoms with Crippen LogP contribution < -0.4 is 10.6 Å². The van der Waals surface area contributed by atoms with E-state index in [0.29, 0.717) is 31.9 Å². The summed E-state index contributed by atoms with van der Waals surface area (Å²) >= 11 is 0. The van der Waals surface area contributed by atoms with Gasteiger partial charge in [-0.1, -0.05) is 13.8 Å². The first-order chi connectivity index (χ1) is 13.7. The van der Waals surface area contributed by atoms with Crippen LogP contribution in [0.4, 0.5) is 5.69 Å². The zero-order valence-electron chi connectivity index (χ0n) is 17.6. The third kappa shape index (κ3) is 8.48. The summed E-state index contributed by atoms with van der Waals surface area (Å²) in [5, 5.41) is 5.46. The number of anilines is 1. The molecule has 1 rings (SSSR count). The fraction of sp³-hybridized carbons (Fsp3) is 0.579. The summed E-state index contributed by atoms with van der Waals surface area (Å²) in [4.78, 5) is 25.7. The number of amides is 2. The molecule has 0 bridgehead atoms. The highest BCUT2D eigenvalue weighted by molar-refractivity contribution is 7.89. The Kier molecular flexibility index (Phi) is 10.8. The van der Waals surface area contributed by atoms with E-state index in [0.717, 1.165) is 6.42 Å². The predicted octanol–water partition coefficient (Wildman–Crippen LogP) is 0.740. The standard InChI is InChI=1S/C19H32N4O5S/c1-5-23(6-2)29(26,27)17-10-8-16(9-11-17)21-19(25)15-22(3)14-18(24)20-12-7-13-28-4/h8-11H,5-7,12-15H2,1-4H3,(H,20,24)(H,21,25). The SMILES string of the molecule is CCN(CC)S(=O)(=O)c1ccc(NC(=O)CN(C)CC(=O)NCCCOC)cc1. The lowest BCUT2D eigenvalue weighted by molar-refractivity contribution is -0.123. The number of nitrogens with zero attached hydrogens (tertiary/aromatic N) is 2. The largest absolute Gasteiger partial charge is 0.385 e. The van der Waals surface area contributed by atoms with E-state index in [-0.39, 0.29) is 29.8 Å². The highest BCUT2D eigenvalue weighted by Crippen LogP contribution is 2.18. The molecule has 0 aliphatic rings. The third-order valence-electron chi connectivity index (χ3n) is 4.16. The molecule has 0 spiro atoms. The number of hydrogen-bond donors (Lipinski definition) is 2. The molecule has 0 heterocycles. The van der Waals surface area contributed by atoms with Crippen molar-refractivity contribution in [3.63, 3.8) is 0 Å². The van der Waals surface area contributed by atoms with Gasteiger partial charge in [-0.3, -0.25) is 14.5 Å². The van der Waals surface area contributed by atoms with Crippen molar-refractivity contribution in [3.05, 3.63) is 24.3 Å². The molecule has 1 aromatic rings. The smallest absolute Gasteiger partial charge is 0.243 e. The van der Waals surface area contributed by atoms with Gasteiger partial charge in [-0.25, -0.2) is 8.42 Å². The van der Waals surface area contributed by atoms with Crippen LogP contribution in [0.5, 0.6) is 0 Å². The van der Waals surface area contributed by atoms with Gasteiger partial charge in [0, 0.05) is 39.0 Å². The van der Waals surface area contributed by atoms with E-state index in [1.807, 2.05) is 0 Å². The molecule has 29 heavy (non-hydrogen) atoms. The summed E-state index contributed by atoms with van der Waals surface area (Å²) in [5.74, 6) is -0.457. The molecular formula is C19H32N4O5S. The summed E-state index contributed by atoms with van der Waals surface area (Å²) in [6.45, 7) is 5.58. The van der Waals surface area contributed by atoms with Crippen molar-refractivity contribution in [1.29, 1.82) is 0 Å². The van der Waals surface area contributed by atoms with Gasteiger partial charge in [-0.05, 0) is 37.7 Å². The Morgan fingerprint density at radius 1 is 1.03 bits per heavy atom. The van der Waals surface area contributed by atoms with Crippen LogP contribution in [-0.2, 0) is 24.3 Å². The minimum Gasteiger partial charge on any atom is -0.385 e. The van der Waals surface area contributed by atoms with Crippen molar-refractivity contribution in [3.8, 4) is 0 Å². The number of nitrogens with one attached hydrogen (secondary N) is 2. The van der Waals surface area contributed by atoms with Crippen molar-refractivity contribution in [1.82, 2.24) is 14.5 Å². The number of rotatable bonds is 13. The maximum atomic E-state index is 12.5. The average molecular weight is 429 g/mol. The van der Waals surface area contributed by atoms with Gasteiger partial charge in [0.25, 0.3) is 0 Å². The van der Waals surface area contributed by atoms with Crippen molar-refractivity contribution < 1.29 is 22.7 Å². The quantitative estimate of drug-likeness (QED) is 0.449. The molecule has 1 aromatic carbocycles. The minimum atomic E-state index is -3.53. The molecule has 2 amide bonds. The Balaban J connectivity index is 2.53. The monoisotopic (exact) mass is 428 g/mol. The van der Waals surface area contributed by atoms with Gasteiger partial charge >= 0.3 is 0 Å². The summed E-state index contributed by atoms with van der Waals surface area (Å²) in [5.41, 5.74) is 0.492. The first-order valence-corrected chi connectivity index (χ1v) is 11.0. The molecule has 10 heteroatoms. The zero-order valence-corrected chi connectivity index (χ0v) is 18.4. The summed E-state index contributed by atoms with van der Waals surface area (Å²) in [7, 11) is -0.253. The lowest BCUT2D eigenvalue weighted by Crippen LogP contribution is -2.39. The molecule has 0 aromatic heterocycles. The van der Waals surface area contributed by atoms with Crippen molar-refractivity contribution in [2.45, 2.75) is 25.2 Å². The highest BCUT2D eigenvalue weighted by atomic mass is 32.2. The Hall–Kier alpha value is -2.01. The molecule has 164 valence electrons. The van der Waals surface area contributed by atoms with E-state index in [4.69, 9.17) is 4.74 Å². The van der Waals surface area contributed by atoms with E-state index in [1.54, 1.807) is 45.0 Å². The van der Waals surface area contributed by atoms with Gasteiger partial charge in [0.1, 0.15) is 0 Å². The Labute approximate surface area is 173 Å². The predicted molar refractivity (Wildman–Crippen MR) is 112 cm³/mol. The summed E-state index contributed by atoms with van der Waals surface area (Å²) in [6, 6.07) is 6.05. The molecule has 0 unspecified atom stereocenters. The van der Waals surface area contributed by atoms with E-state index in [1.165, 1.54) is 16.4 Å². The fourth-order valence-electron chi connectivity index (χ4n) is 2.67. The molecule has 9 nitrogen and oxygen atoms in total. The van der Waals surface area contributed by atoms with E-state index < -0.39 is 10.0 Å². The normalized spacial score (nSPS) is 11.7. The molecular weight excluding hydrogens is 396 g/mol. The number of carbonyl (C=O) groups excluding carboxylic acids is 2. The van der Waals surface area contributed by atoms with E-state index in [2.05, 4.69) is 10.6 Å². The van der Waals surface area contributed by atoms with Crippen LogP contribution in [0.3, 0.4) is 0 Å². The molecule has 0 saturated heterocycles. The second-order valence-corrected chi connectivity index (χ2v) is 8.47. The average Bonchev–Trinajstić information content (AvgIpc) is 2.66. The van der Waals surface area contributed by atoms with Crippen LogP contribution in [0, 0.1) is 0 Å². The van der Waals surface area contributed by atoms with Gasteiger partial charge in [-0.15, -0.1) is 0 Å². The summed E-state index contributed by atoms with van der Waals surface area (Å²) < 4.78 is 31.2. The molecule has 0 radical (unpaired) electrons. The number of sulfonamides is 1. The van der Waals surface area contributed by atoms with Gasteiger partial charge < -0.3 is 15.4 Å². The molecule has 2 N–H and O–H groups in total. The van der Waals surface area contributed by atoms with Crippen LogP contribution in [-0.4, -0.2) is 82.9 Å². The number of ether oxygens (including phenoxy) is 1. The maximum Gasteiger partial charge on any atom is 0.243 e. The van der Waals surface area contributed by atoms with Crippen molar-refractivity contribution in [2.24, 2.45) is 0 Å². The molecule has 0 fully saturated rings. The zero-order chi connectivity index (χ0) is 21.9. The van der Waals surface area contributed by atoms with E-state index in [9.17, 15) is 18.0 Å². The molecule has 0 saturated carbocycles. The minimum absolute atomic E-state index is 0.0327. The second kappa shape index (κ2) is 12.5. The van der Waals surface area contributed by atoms with Crippen molar-refractivity contribution >= 4 is 27.5 Å². The molecule has 0 aliphatic carbocycles. The van der Waals surface area contributed by atoms with Crippen LogP contribution >= 0.6 is 0 Å². The third-order valence-corrected chi connectivity index (χ3v) is 6.22. The maximum absolute atomic E-state index is 12.5. The van der Waals surface area contributed by atoms with Gasteiger partial charge in [0.15, 0.2) is 0 Å². The lowest BCUT2D eigenvalue weighted by Gasteiger charge is -2.19. The van der Waals surface area contributed by atoms with Crippen LogP contribution in [0.2, 0.25) is 0 Å². The molecule has 0 atom stereocenters. The van der Waals surface area contributed by atoms with Crippen LogP contribution in [0.15, 0.2) is 29.2 Å². The van der Waals surface area contributed by atoms with Gasteiger partial charge in [0.05, 0.1) is 18.0 Å². The topological polar surface area (TPSA) is 108 Å². The Morgan fingerprint density at radius 2 is 1.62 bits per heavy atom. The number of hydrogen-bond acceptors (Lipinski definition) is 6. The van der Waals surface area contributed by atoms with Gasteiger partial charge in [-0.2, -0.15) is 4.31 Å². The van der Waals surface area contributed by atoms with E-state index >= 15 is 0 Å². The number of benzene rings is 1. The Bertz CT molecular complexity index is 748. The number of likely N-dealkylation sites (N-methyl/N-ethyl adjacent to an activating group) is 1. The first-order valence-electron chi connectivity index (χ1n) is 9.58. The fourth-order valence-corrected chi connectivity index (χ4v) is 4.13. The second-order valence-electron chi connectivity index (χ2n) is 6.53. The van der Waals surface area contributed by atoms with Crippen molar-refractivity contribution in [2.75, 3.05) is 58.8 Å². The highest BCUT2D eigenvalue weighted by Gasteiger charge is 2.21. The van der Waals surface area contributed by atoms with Gasteiger partial charge in [0.2, 0.25) is 21.8 Å². The Morgan fingerprint density at radius 3 is 2.17 bits per heavy atom. The summed E-state index contributed by atoms with van der Waals surface area (Å²) in [6.07, 6.45) is 0.729.